The fraction of sp³-hybridized carbons (Fsp3) is 0.545. The van der Waals surface area contributed by atoms with Crippen molar-refractivity contribution in [2.45, 2.75) is 32.3 Å². The van der Waals surface area contributed by atoms with Crippen LogP contribution in [0.4, 0.5) is 0 Å². The predicted molar refractivity (Wildman–Crippen MR) is 56.7 cm³/mol. The van der Waals surface area contributed by atoms with E-state index in [2.05, 4.69) is 9.97 Å². The average Bonchev–Trinajstić information content (AvgIpc) is 2.27. The lowest BCUT2D eigenvalue weighted by Crippen LogP contribution is -2.23. The van der Waals surface area contributed by atoms with E-state index in [4.69, 9.17) is 4.74 Å². The van der Waals surface area contributed by atoms with Crippen molar-refractivity contribution in [3.05, 3.63) is 24.3 Å². The van der Waals surface area contributed by atoms with Gasteiger partial charge in [0.2, 0.25) is 0 Å². The predicted octanol–water partition coefficient (Wildman–Crippen LogP) is 1.86. The van der Waals surface area contributed by atoms with Crippen molar-refractivity contribution in [2.75, 3.05) is 7.11 Å². The highest BCUT2D eigenvalue weighted by Gasteiger charge is 2.18. The van der Waals surface area contributed by atoms with E-state index < -0.39 is 0 Å². The third-order valence-electron chi connectivity index (χ3n) is 2.39. The molecule has 0 N–H and O–H groups in total. The van der Waals surface area contributed by atoms with Gasteiger partial charge in [0.1, 0.15) is 6.33 Å². The Kier molecular flexibility index (Phi) is 3.91. The smallest absolute Gasteiger partial charge is 0.166 e. The molecule has 0 aliphatic rings. The maximum atomic E-state index is 11.7. The van der Waals surface area contributed by atoms with Crippen LogP contribution in [0, 0.1) is 0 Å². The summed E-state index contributed by atoms with van der Waals surface area (Å²) in [6, 6.07) is 0. The molecule has 0 bridgehead atoms. The number of methoxy groups -OCH3 is 1. The number of carbonyl (C=O) groups excluding carboxylic acids is 1. The number of hydrogen-bond donors (Lipinski definition) is 0. The summed E-state index contributed by atoms with van der Waals surface area (Å²) in [7, 11) is 1.65. The van der Waals surface area contributed by atoms with E-state index in [1.54, 1.807) is 7.11 Å². The standard InChI is InChI=1S/C11H16N2O2/c1-11(2,15-3)5-4-10(14)9-6-12-8-13-7-9/h6-8H,4-5H2,1-3H3. The van der Waals surface area contributed by atoms with Crippen LogP contribution in [0.15, 0.2) is 18.7 Å². The number of rotatable bonds is 5. The second-order valence-corrected chi connectivity index (χ2v) is 4.01. The summed E-state index contributed by atoms with van der Waals surface area (Å²) in [6.07, 6.45) is 5.63. The summed E-state index contributed by atoms with van der Waals surface area (Å²) in [5.74, 6) is 0.0562. The first-order chi connectivity index (χ1) is 7.05. The minimum Gasteiger partial charge on any atom is -0.379 e. The molecule has 15 heavy (non-hydrogen) atoms. The van der Waals surface area contributed by atoms with Gasteiger partial charge in [0.15, 0.2) is 5.78 Å². The SMILES string of the molecule is COC(C)(C)CCC(=O)c1cncnc1. The maximum Gasteiger partial charge on any atom is 0.166 e. The number of hydrogen-bond acceptors (Lipinski definition) is 4. The molecule has 1 aromatic heterocycles. The highest BCUT2D eigenvalue weighted by atomic mass is 16.5. The molecule has 0 unspecified atom stereocenters. The number of aromatic nitrogens is 2. The molecular formula is C11H16N2O2. The molecule has 4 nitrogen and oxygen atoms in total. The van der Waals surface area contributed by atoms with Gasteiger partial charge < -0.3 is 4.74 Å². The van der Waals surface area contributed by atoms with Crippen molar-refractivity contribution in [3.8, 4) is 0 Å². The monoisotopic (exact) mass is 208 g/mol. The van der Waals surface area contributed by atoms with E-state index in [1.165, 1.54) is 18.7 Å². The molecule has 0 aromatic carbocycles. The Morgan fingerprint density at radius 3 is 2.53 bits per heavy atom. The van der Waals surface area contributed by atoms with Gasteiger partial charge in [-0.05, 0) is 20.3 Å². The lowest BCUT2D eigenvalue weighted by Gasteiger charge is -2.21. The van der Waals surface area contributed by atoms with E-state index in [0.717, 1.165) is 0 Å². The molecule has 0 saturated carbocycles. The molecule has 0 fully saturated rings. The fourth-order valence-corrected chi connectivity index (χ4v) is 1.10. The first-order valence-electron chi connectivity index (χ1n) is 4.88. The van der Waals surface area contributed by atoms with Gasteiger partial charge in [-0.1, -0.05) is 0 Å². The van der Waals surface area contributed by atoms with Gasteiger partial charge in [-0.3, -0.25) is 4.79 Å². The summed E-state index contributed by atoms with van der Waals surface area (Å²) in [6.45, 7) is 3.92. The Morgan fingerprint density at radius 1 is 1.40 bits per heavy atom. The fourth-order valence-electron chi connectivity index (χ4n) is 1.10. The molecule has 0 aliphatic carbocycles. The molecule has 0 saturated heterocycles. The van der Waals surface area contributed by atoms with Crippen LogP contribution in [0.3, 0.4) is 0 Å². The number of Topliss-reactive ketones (excluding diaryl/α,β-unsaturated/α-hetero) is 1. The van der Waals surface area contributed by atoms with Gasteiger partial charge in [-0.25, -0.2) is 9.97 Å². The third-order valence-corrected chi connectivity index (χ3v) is 2.39. The number of nitrogens with zero attached hydrogens (tertiary/aromatic N) is 2. The van der Waals surface area contributed by atoms with Crippen LogP contribution in [0.1, 0.15) is 37.0 Å². The molecule has 0 radical (unpaired) electrons. The van der Waals surface area contributed by atoms with E-state index in [-0.39, 0.29) is 11.4 Å². The molecule has 4 heteroatoms. The number of ether oxygens (including phenoxy) is 1. The molecule has 1 heterocycles. The number of ketones is 1. The summed E-state index contributed by atoms with van der Waals surface area (Å²) >= 11 is 0. The minimum absolute atomic E-state index is 0.0562. The van der Waals surface area contributed by atoms with Crippen molar-refractivity contribution in [2.24, 2.45) is 0 Å². The number of carbonyl (C=O) groups is 1. The van der Waals surface area contributed by atoms with Gasteiger partial charge in [0.05, 0.1) is 11.2 Å². The van der Waals surface area contributed by atoms with Crippen molar-refractivity contribution in [1.29, 1.82) is 0 Å². The van der Waals surface area contributed by atoms with E-state index in [1.807, 2.05) is 13.8 Å². The van der Waals surface area contributed by atoms with Gasteiger partial charge >= 0.3 is 0 Å². The van der Waals surface area contributed by atoms with Crippen LogP contribution >= 0.6 is 0 Å². The van der Waals surface area contributed by atoms with Gasteiger partial charge in [0, 0.05) is 25.9 Å². The largest absolute Gasteiger partial charge is 0.379 e. The molecular weight excluding hydrogens is 192 g/mol. The second kappa shape index (κ2) is 4.98. The first kappa shape index (κ1) is 11.8. The highest BCUT2D eigenvalue weighted by molar-refractivity contribution is 5.95. The Hall–Kier alpha value is -1.29. The van der Waals surface area contributed by atoms with Gasteiger partial charge in [-0.2, -0.15) is 0 Å². The summed E-state index contributed by atoms with van der Waals surface area (Å²) in [4.78, 5) is 19.3. The zero-order valence-corrected chi connectivity index (χ0v) is 9.36. The van der Waals surface area contributed by atoms with Crippen molar-refractivity contribution in [3.63, 3.8) is 0 Å². The Labute approximate surface area is 89.7 Å². The van der Waals surface area contributed by atoms with Crippen LogP contribution in [0.25, 0.3) is 0 Å². The normalized spacial score (nSPS) is 11.4. The molecule has 82 valence electrons. The van der Waals surface area contributed by atoms with Crippen LogP contribution in [-0.2, 0) is 4.74 Å². The molecule has 0 atom stereocenters. The highest BCUT2D eigenvalue weighted by Crippen LogP contribution is 2.16. The first-order valence-corrected chi connectivity index (χ1v) is 4.88. The zero-order valence-electron chi connectivity index (χ0n) is 9.36. The Bertz CT molecular complexity index is 323. The van der Waals surface area contributed by atoms with Gasteiger partial charge in [0.25, 0.3) is 0 Å². The Balaban J connectivity index is 2.51. The summed E-state index contributed by atoms with van der Waals surface area (Å²) < 4.78 is 5.24. The van der Waals surface area contributed by atoms with Crippen LogP contribution in [0.2, 0.25) is 0 Å². The van der Waals surface area contributed by atoms with Crippen molar-refractivity contribution in [1.82, 2.24) is 9.97 Å². The second-order valence-electron chi connectivity index (χ2n) is 4.01. The molecule has 0 amide bonds. The lowest BCUT2D eigenvalue weighted by atomic mass is 9.99. The van der Waals surface area contributed by atoms with Crippen molar-refractivity contribution < 1.29 is 9.53 Å². The lowest BCUT2D eigenvalue weighted by molar-refractivity contribution is 0.0141. The average molecular weight is 208 g/mol. The van der Waals surface area contributed by atoms with E-state index >= 15 is 0 Å². The topological polar surface area (TPSA) is 52.1 Å². The van der Waals surface area contributed by atoms with Crippen LogP contribution in [-0.4, -0.2) is 28.5 Å². The summed E-state index contributed by atoms with van der Waals surface area (Å²) in [5.41, 5.74) is 0.301. The van der Waals surface area contributed by atoms with Crippen LogP contribution in [0.5, 0.6) is 0 Å². The molecule has 0 aliphatic heterocycles. The zero-order chi connectivity index (χ0) is 11.3. The third kappa shape index (κ3) is 3.75. The quantitative estimate of drug-likeness (QED) is 0.693. The summed E-state index contributed by atoms with van der Waals surface area (Å²) in [5, 5.41) is 0. The molecule has 0 spiro atoms. The molecule has 1 aromatic rings. The van der Waals surface area contributed by atoms with E-state index in [9.17, 15) is 4.79 Å². The van der Waals surface area contributed by atoms with Crippen LogP contribution < -0.4 is 0 Å². The van der Waals surface area contributed by atoms with Crippen molar-refractivity contribution >= 4 is 5.78 Å². The van der Waals surface area contributed by atoms with E-state index in [0.29, 0.717) is 18.4 Å². The maximum absolute atomic E-state index is 11.7. The molecule has 1 rings (SSSR count). The Morgan fingerprint density at radius 2 is 2.00 bits per heavy atom. The minimum atomic E-state index is -0.259. The van der Waals surface area contributed by atoms with Gasteiger partial charge in [-0.15, -0.1) is 0 Å².